The van der Waals surface area contributed by atoms with Gasteiger partial charge in [0.2, 0.25) is 5.91 Å². The highest BCUT2D eigenvalue weighted by Crippen LogP contribution is 2.24. The molecule has 0 aliphatic carbocycles. The van der Waals surface area contributed by atoms with Gasteiger partial charge in [-0.15, -0.1) is 11.3 Å². The molecule has 1 aliphatic rings. The number of thiophene rings is 1. The second-order valence-corrected chi connectivity index (χ2v) is 7.94. The van der Waals surface area contributed by atoms with Crippen molar-refractivity contribution in [3.63, 3.8) is 0 Å². The van der Waals surface area contributed by atoms with Gasteiger partial charge in [0.1, 0.15) is 6.04 Å². The third-order valence-corrected chi connectivity index (χ3v) is 5.79. The van der Waals surface area contributed by atoms with Gasteiger partial charge in [0, 0.05) is 17.9 Å². The van der Waals surface area contributed by atoms with Crippen LogP contribution in [0.3, 0.4) is 0 Å². The fraction of sp³-hybridized carbons (Fsp3) is 0.227. The lowest BCUT2D eigenvalue weighted by atomic mass is 10.0. The first-order valence-corrected chi connectivity index (χ1v) is 10.6. The number of anilines is 2. The van der Waals surface area contributed by atoms with E-state index >= 15 is 0 Å². The average Bonchev–Trinajstić information content (AvgIpc) is 3.48. The predicted molar refractivity (Wildman–Crippen MR) is 115 cm³/mol. The van der Waals surface area contributed by atoms with Crippen molar-refractivity contribution in [1.29, 1.82) is 0 Å². The lowest BCUT2D eigenvalue weighted by Gasteiger charge is -2.34. The molecule has 2 N–H and O–H groups in total. The van der Waals surface area contributed by atoms with Gasteiger partial charge in [-0.25, -0.2) is 0 Å². The molecule has 8 heteroatoms. The minimum Gasteiger partial charge on any atom is -0.459 e. The number of nitrogens with one attached hydrogen (secondary N) is 2. The number of piperidine rings is 1. The molecule has 7 nitrogen and oxygen atoms in total. The van der Waals surface area contributed by atoms with Gasteiger partial charge in [-0.2, -0.15) is 0 Å². The summed E-state index contributed by atoms with van der Waals surface area (Å²) in [5.41, 5.74) is 1.08. The Labute approximate surface area is 177 Å². The SMILES string of the molecule is O=C(Nc1cccc(NC(=O)[C@@H]2CCCCN2C(=O)c2cccs2)c1)c1ccco1. The van der Waals surface area contributed by atoms with Crippen LogP contribution in [0.1, 0.15) is 39.5 Å². The first-order valence-electron chi connectivity index (χ1n) is 9.72. The van der Waals surface area contributed by atoms with Gasteiger partial charge >= 0.3 is 0 Å². The van der Waals surface area contributed by atoms with Gasteiger partial charge in [0.25, 0.3) is 11.8 Å². The van der Waals surface area contributed by atoms with Crippen LogP contribution in [0.5, 0.6) is 0 Å². The Bertz CT molecular complexity index is 1030. The minimum absolute atomic E-state index is 0.107. The number of benzene rings is 1. The van der Waals surface area contributed by atoms with Gasteiger partial charge in [0.15, 0.2) is 5.76 Å². The van der Waals surface area contributed by atoms with Crippen LogP contribution in [0.4, 0.5) is 11.4 Å². The molecule has 1 aromatic carbocycles. The van der Waals surface area contributed by atoms with Crippen LogP contribution in [0, 0.1) is 0 Å². The Morgan fingerprint density at radius 3 is 2.57 bits per heavy atom. The normalized spacial score (nSPS) is 16.1. The van der Waals surface area contributed by atoms with Crippen LogP contribution in [0.25, 0.3) is 0 Å². The lowest BCUT2D eigenvalue weighted by Crippen LogP contribution is -2.49. The van der Waals surface area contributed by atoms with Gasteiger partial charge < -0.3 is 20.0 Å². The number of likely N-dealkylation sites (tertiary alicyclic amines) is 1. The molecule has 1 saturated heterocycles. The molecule has 1 aliphatic heterocycles. The molecule has 1 fully saturated rings. The van der Waals surface area contributed by atoms with Crippen LogP contribution in [0.2, 0.25) is 0 Å². The molecular weight excluding hydrogens is 402 g/mol. The summed E-state index contributed by atoms with van der Waals surface area (Å²) in [6, 6.07) is 13.2. The number of hydrogen-bond donors (Lipinski definition) is 2. The maximum Gasteiger partial charge on any atom is 0.291 e. The molecule has 154 valence electrons. The number of rotatable bonds is 5. The van der Waals surface area contributed by atoms with E-state index in [4.69, 9.17) is 4.42 Å². The Morgan fingerprint density at radius 1 is 1.00 bits per heavy atom. The molecular formula is C22H21N3O4S. The van der Waals surface area contributed by atoms with E-state index in [-0.39, 0.29) is 23.5 Å². The van der Waals surface area contributed by atoms with E-state index in [1.54, 1.807) is 47.4 Å². The van der Waals surface area contributed by atoms with Crippen molar-refractivity contribution in [3.05, 3.63) is 70.8 Å². The number of carbonyl (C=O) groups is 3. The quantitative estimate of drug-likeness (QED) is 0.643. The van der Waals surface area contributed by atoms with Gasteiger partial charge in [-0.3, -0.25) is 14.4 Å². The van der Waals surface area contributed by atoms with Crippen molar-refractivity contribution in [2.24, 2.45) is 0 Å². The summed E-state index contributed by atoms with van der Waals surface area (Å²) in [7, 11) is 0. The third kappa shape index (κ3) is 4.44. The zero-order chi connectivity index (χ0) is 20.9. The second kappa shape index (κ2) is 8.96. The number of hydrogen-bond acceptors (Lipinski definition) is 5. The molecule has 1 atom stereocenters. The van der Waals surface area contributed by atoms with Crippen molar-refractivity contribution >= 4 is 40.4 Å². The number of amides is 3. The molecule has 0 unspecified atom stereocenters. The van der Waals surface area contributed by atoms with E-state index in [0.717, 1.165) is 12.8 Å². The minimum atomic E-state index is -0.519. The maximum absolute atomic E-state index is 13.0. The van der Waals surface area contributed by atoms with E-state index in [1.807, 2.05) is 11.4 Å². The van der Waals surface area contributed by atoms with Crippen LogP contribution in [-0.2, 0) is 4.79 Å². The lowest BCUT2D eigenvalue weighted by molar-refractivity contribution is -0.121. The summed E-state index contributed by atoms with van der Waals surface area (Å²) in [5, 5.41) is 7.48. The van der Waals surface area contributed by atoms with Crippen molar-refractivity contribution in [2.75, 3.05) is 17.2 Å². The first kappa shape index (κ1) is 19.9. The van der Waals surface area contributed by atoms with Gasteiger partial charge in [-0.05, 0) is 61.0 Å². The topological polar surface area (TPSA) is 91.7 Å². The van der Waals surface area contributed by atoms with Crippen LogP contribution >= 0.6 is 11.3 Å². The monoisotopic (exact) mass is 423 g/mol. The zero-order valence-electron chi connectivity index (χ0n) is 16.2. The fourth-order valence-electron chi connectivity index (χ4n) is 3.49. The molecule has 0 bridgehead atoms. The van der Waals surface area contributed by atoms with Crippen molar-refractivity contribution in [1.82, 2.24) is 4.90 Å². The van der Waals surface area contributed by atoms with Crippen LogP contribution < -0.4 is 10.6 Å². The standard InChI is InChI=1S/C22H21N3O4S/c26-20(17-8-1-2-11-25(17)22(28)19-10-5-13-30-19)23-15-6-3-7-16(14-15)24-21(27)18-9-4-12-29-18/h3-7,9-10,12-14,17H,1-2,8,11H2,(H,23,26)(H,24,27)/t17-/m0/s1. The van der Waals surface area contributed by atoms with Crippen molar-refractivity contribution in [2.45, 2.75) is 25.3 Å². The predicted octanol–water partition coefficient (Wildman–Crippen LogP) is 4.23. The smallest absolute Gasteiger partial charge is 0.291 e. The summed E-state index contributed by atoms with van der Waals surface area (Å²) in [4.78, 5) is 40.2. The van der Waals surface area contributed by atoms with E-state index in [9.17, 15) is 14.4 Å². The largest absolute Gasteiger partial charge is 0.459 e. The highest BCUT2D eigenvalue weighted by Gasteiger charge is 2.33. The molecule has 0 saturated carbocycles. The van der Waals surface area contributed by atoms with Crippen LogP contribution in [-0.4, -0.2) is 35.2 Å². The first-order chi connectivity index (χ1) is 14.6. The summed E-state index contributed by atoms with van der Waals surface area (Å²) in [6.45, 7) is 0.564. The summed E-state index contributed by atoms with van der Waals surface area (Å²) < 4.78 is 5.09. The molecule has 4 rings (SSSR count). The summed E-state index contributed by atoms with van der Waals surface area (Å²) in [5.74, 6) is -0.503. The van der Waals surface area contributed by atoms with E-state index in [2.05, 4.69) is 10.6 Å². The van der Waals surface area contributed by atoms with Crippen LogP contribution in [0.15, 0.2) is 64.6 Å². The van der Waals surface area contributed by atoms with E-state index < -0.39 is 6.04 Å². The third-order valence-electron chi connectivity index (χ3n) is 4.93. The Kier molecular flexibility index (Phi) is 5.94. The molecule has 3 amide bonds. The highest BCUT2D eigenvalue weighted by molar-refractivity contribution is 7.12. The van der Waals surface area contributed by atoms with Crippen molar-refractivity contribution in [3.8, 4) is 0 Å². The van der Waals surface area contributed by atoms with Crippen molar-refractivity contribution < 1.29 is 18.8 Å². The zero-order valence-corrected chi connectivity index (χ0v) is 17.0. The number of nitrogens with zero attached hydrogens (tertiary/aromatic N) is 1. The second-order valence-electron chi connectivity index (χ2n) is 6.99. The summed E-state index contributed by atoms with van der Waals surface area (Å²) in [6.07, 6.45) is 3.83. The molecule has 30 heavy (non-hydrogen) atoms. The molecule has 0 spiro atoms. The summed E-state index contributed by atoms with van der Waals surface area (Å²) >= 11 is 1.38. The Balaban J connectivity index is 1.44. The van der Waals surface area contributed by atoms with E-state index in [1.165, 1.54) is 17.6 Å². The average molecular weight is 423 g/mol. The molecule has 0 radical (unpaired) electrons. The highest BCUT2D eigenvalue weighted by atomic mass is 32.1. The van der Waals surface area contributed by atoms with Gasteiger partial charge in [0.05, 0.1) is 11.1 Å². The maximum atomic E-state index is 13.0. The fourth-order valence-corrected chi connectivity index (χ4v) is 4.17. The van der Waals surface area contributed by atoms with E-state index in [0.29, 0.717) is 29.2 Å². The number of carbonyl (C=O) groups excluding carboxylic acids is 3. The number of furan rings is 1. The Hall–Kier alpha value is -3.39. The molecule has 3 aromatic rings. The van der Waals surface area contributed by atoms with Gasteiger partial charge in [-0.1, -0.05) is 12.1 Å². The molecule has 2 aromatic heterocycles. The Morgan fingerprint density at radius 2 is 1.83 bits per heavy atom. The molecule has 3 heterocycles.